The number of imide groups is 1. The average molecular weight is 648 g/mol. The molecule has 0 atom stereocenters. The number of esters is 1. The number of rotatable bonds is 7. The van der Waals surface area contributed by atoms with Crippen molar-refractivity contribution in [3.05, 3.63) is 101 Å². The van der Waals surface area contributed by atoms with Gasteiger partial charge >= 0.3 is 5.97 Å². The van der Waals surface area contributed by atoms with Crippen LogP contribution in [0.5, 0.6) is 11.5 Å². The molecule has 0 bridgehead atoms. The van der Waals surface area contributed by atoms with Crippen molar-refractivity contribution in [3.8, 4) is 11.5 Å². The zero-order valence-electron chi connectivity index (χ0n) is 19.0. The molecule has 1 fully saturated rings. The Hall–Kier alpha value is -3.48. The molecule has 0 aromatic heterocycles. The minimum atomic E-state index is -0.591. The number of ether oxygens (including phenoxy) is 2. The van der Waals surface area contributed by atoms with Crippen LogP contribution in [0.3, 0.4) is 0 Å². The van der Waals surface area contributed by atoms with Crippen LogP contribution < -0.4 is 9.47 Å². The number of benzene rings is 3. The van der Waals surface area contributed by atoms with Crippen LogP contribution in [0.1, 0.15) is 21.5 Å². The van der Waals surface area contributed by atoms with Crippen molar-refractivity contribution in [1.82, 2.24) is 4.90 Å². The van der Waals surface area contributed by atoms with E-state index in [9.17, 15) is 24.5 Å². The molecule has 0 radical (unpaired) electrons. The van der Waals surface area contributed by atoms with Gasteiger partial charge in [-0.15, -0.1) is 0 Å². The van der Waals surface area contributed by atoms with Crippen LogP contribution >= 0.6 is 43.6 Å². The first kappa shape index (κ1) is 26.6. The number of nitrogens with zero attached hydrogens (tertiary/aromatic N) is 2. The summed E-state index contributed by atoms with van der Waals surface area (Å²) in [6.45, 7) is -0.0169. The zero-order chi connectivity index (χ0) is 26.7. The first-order valence-electron chi connectivity index (χ1n) is 10.5. The van der Waals surface area contributed by atoms with E-state index < -0.39 is 22.0 Å². The minimum absolute atomic E-state index is 0.0169. The number of hydrogen-bond donors (Lipinski definition) is 0. The smallest absolute Gasteiger partial charge is 0.344 e. The largest absolute Gasteiger partial charge is 0.493 e. The highest BCUT2D eigenvalue weighted by Gasteiger charge is 2.35. The number of methoxy groups -OCH3 is 1. The van der Waals surface area contributed by atoms with Crippen LogP contribution in [0.15, 0.2) is 74.5 Å². The lowest BCUT2D eigenvalue weighted by molar-refractivity contribution is -0.384. The third kappa shape index (κ3) is 5.92. The molecule has 37 heavy (non-hydrogen) atoms. The summed E-state index contributed by atoms with van der Waals surface area (Å²) in [5, 5.41) is 10.4. The van der Waals surface area contributed by atoms with E-state index in [1.54, 1.807) is 36.4 Å². The first-order chi connectivity index (χ1) is 17.7. The van der Waals surface area contributed by atoms with Crippen molar-refractivity contribution in [3.63, 3.8) is 0 Å². The molecule has 1 saturated heterocycles. The van der Waals surface area contributed by atoms with Crippen molar-refractivity contribution in [1.29, 1.82) is 0 Å². The van der Waals surface area contributed by atoms with Crippen molar-refractivity contribution in [2.75, 3.05) is 7.11 Å². The lowest BCUT2D eigenvalue weighted by Gasteiger charge is -2.13. The van der Waals surface area contributed by atoms with E-state index in [4.69, 9.17) is 9.47 Å². The summed E-state index contributed by atoms with van der Waals surface area (Å²) < 4.78 is 12.0. The topological polar surface area (TPSA) is 116 Å². The fourth-order valence-corrected chi connectivity index (χ4v) is 5.22. The Balaban J connectivity index is 1.55. The van der Waals surface area contributed by atoms with Crippen LogP contribution in [0.2, 0.25) is 0 Å². The molecule has 2 amide bonds. The van der Waals surface area contributed by atoms with Crippen LogP contribution in [0.25, 0.3) is 6.08 Å². The SMILES string of the molecule is COc1cc(/C=C2\SC(=O)N(Cc3ccc([N+](=O)[O-])cc3)C2=O)cc(Br)c1OC(=O)c1ccccc1Br. The molecule has 1 aliphatic heterocycles. The van der Waals surface area contributed by atoms with Crippen LogP contribution in [-0.2, 0) is 11.3 Å². The molecule has 0 aliphatic carbocycles. The number of hydrogen-bond acceptors (Lipinski definition) is 8. The van der Waals surface area contributed by atoms with Crippen molar-refractivity contribution < 1.29 is 28.8 Å². The second-order valence-electron chi connectivity index (χ2n) is 7.59. The van der Waals surface area contributed by atoms with Gasteiger partial charge in [-0.1, -0.05) is 24.3 Å². The molecule has 9 nitrogen and oxygen atoms in total. The van der Waals surface area contributed by atoms with Crippen molar-refractivity contribution in [2.24, 2.45) is 0 Å². The van der Waals surface area contributed by atoms with Gasteiger partial charge < -0.3 is 9.47 Å². The maximum atomic E-state index is 12.9. The van der Waals surface area contributed by atoms with E-state index in [-0.39, 0.29) is 28.6 Å². The van der Waals surface area contributed by atoms with Crippen LogP contribution in [0, 0.1) is 10.1 Å². The molecule has 0 spiro atoms. The maximum Gasteiger partial charge on any atom is 0.344 e. The van der Waals surface area contributed by atoms with Gasteiger partial charge in [0.1, 0.15) is 0 Å². The van der Waals surface area contributed by atoms with E-state index in [0.717, 1.165) is 16.7 Å². The Morgan fingerprint density at radius 2 is 1.78 bits per heavy atom. The van der Waals surface area contributed by atoms with Crippen molar-refractivity contribution in [2.45, 2.75) is 6.54 Å². The molecular formula is C25H16Br2N2O7S. The van der Waals surface area contributed by atoms with E-state index in [1.165, 1.54) is 37.5 Å². The van der Waals surface area contributed by atoms with Crippen LogP contribution in [0.4, 0.5) is 10.5 Å². The lowest BCUT2D eigenvalue weighted by Crippen LogP contribution is -2.27. The molecule has 0 unspecified atom stereocenters. The fraction of sp³-hybridized carbons (Fsp3) is 0.0800. The van der Waals surface area contributed by atoms with Gasteiger partial charge in [-0.2, -0.15) is 0 Å². The summed E-state index contributed by atoms with van der Waals surface area (Å²) in [4.78, 5) is 49.7. The quantitative estimate of drug-likeness (QED) is 0.0928. The second kappa shape index (κ2) is 11.3. The van der Waals surface area contributed by atoms with E-state index in [0.29, 0.717) is 25.6 Å². The summed E-state index contributed by atoms with van der Waals surface area (Å²) in [5.41, 5.74) is 1.37. The zero-order valence-corrected chi connectivity index (χ0v) is 23.0. The van der Waals surface area contributed by atoms with E-state index in [1.807, 2.05) is 0 Å². The molecule has 4 rings (SSSR count). The lowest BCUT2D eigenvalue weighted by atomic mass is 10.1. The number of nitro benzene ring substituents is 1. The van der Waals surface area contributed by atoms with Gasteiger partial charge in [-0.3, -0.25) is 24.6 Å². The summed E-state index contributed by atoms with van der Waals surface area (Å²) in [7, 11) is 1.42. The summed E-state index contributed by atoms with van der Waals surface area (Å²) >= 11 is 7.50. The summed E-state index contributed by atoms with van der Waals surface area (Å²) in [6.07, 6.45) is 1.54. The van der Waals surface area contributed by atoms with E-state index >= 15 is 0 Å². The Labute approximate surface area is 231 Å². The third-order valence-electron chi connectivity index (χ3n) is 5.20. The highest BCUT2D eigenvalue weighted by molar-refractivity contribution is 9.10. The molecule has 1 heterocycles. The number of halogens is 2. The molecule has 0 saturated carbocycles. The highest BCUT2D eigenvalue weighted by Crippen LogP contribution is 2.40. The Bertz CT molecular complexity index is 1460. The number of carbonyl (C=O) groups excluding carboxylic acids is 3. The Morgan fingerprint density at radius 1 is 1.08 bits per heavy atom. The van der Waals surface area contributed by atoms with Crippen LogP contribution in [-0.4, -0.2) is 34.0 Å². The standard InChI is InChI=1S/C25H16Br2N2O7S/c1-35-20-11-15(10-19(27)22(20)36-24(31)17-4-2-3-5-18(17)26)12-21-23(30)28(25(32)37-21)13-14-6-8-16(9-7-14)29(33)34/h2-12H,13H2,1H3/b21-12-. The second-order valence-corrected chi connectivity index (χ2v) is 10.3. The molecule has 1 aliphatic rings. The fourth-order valence-electron chi connectivity index (χ4n) is 3.39. The number of nitro groups is 1. The highest BCUT2D eigenvalue weighted by atomic mass is 79.9. The first-order valence-corrected chi connectivity index (χ1v) is 12.9. The normalized spacial score (nSPS) is 14.2. The summed E-state index contributed by atoms with van der Waals surface area (Å²) in [5.74, 6) is -0.683. The van der Waals surface area contributed by atoms with Gasteiger partial charge in [0.15, 0.2) is 11.5 Å². The van der Waals surface area contributed by atoms with Gasteiger partial charge in [0.05, 0.1) is 33.5 Å². The van der Waals surface area contributed by atoms with Gasteiger partial charge in [0.25, 0.3) is 16.8 Å². The van der Waals surface area contributed by atoms with Crippen molar-refractivity contribution >= 4 is 72.5 Å². The number of thioether (sulfide) groups is 1. The molecule has 12 heteroatoms. The Morgan fingerprint density at radius 3 is 2.43 bits per heavy atom. The van der Waals surface area contributed by atoms with Gasteiger partial charge in [0, 0.05) is 16.6 Å². The molecular weight excluding hydrogens is 632 g/mol. The third-order valence-corrected chi connectivity index (χ3v) is 7.39. The number of amides is 2. The maximum absolute atomic E-state index is 12.9. The average Bonchev–Trinajstić information content (AvgIpc) is 3.13. The number of carbonyl (C=O) groups is 3. The van der Waals surface area contributed by atoms with Gasteiger partial charge in [0.2, 0.25) is 0 Å². The minimum Gasteiger partial charge on any atom is -0.493 e. The van der Waals surface area contributed by atoms with E-state index in [2.05, 4.69) is 31.9 Å². The molecule has 188 valence electrons. The summed E-state index contributed by atoms with van der Waals surface area (Å²) in [6, 6.07) is 15.7. The number of non-ortho nitro benzene ring substituents is 1. The van der Waals surface area contributed by atoms with Gasteiger partial charge in [-0.25, -0.2) is 4.79 Å². The predicted molar refractivity (Wildman–Crippen MR) is 144 cm³/mol. The molecule has 3 aromatic rings. The Kier molecular flexibility index (Phi) is 8.10. The van der Waals surface area contributed by atoms with Gasteiger partial charge in [-0.05, 0) is 85.1 Å². The monoisotopic (exact) mass is 646 g/mol. The molecule has 3 aromatic carbocycles. The molecule has 0 N–H and O–H groups in total. The predicted octanol–water partition coefficient (Wildman–Crippen LogP) is 6.58.